The molecule has 2 aromatic carbocycles. The molecule has 2 aliphatic rings. The standard InChI is InChI=1S/C16H7F6NO3S.C13H6F6O2.C3H3NO2S.CH4/c17-15(18,19)8-3-7(4-9(5-8)16(20,21)22)11-2-1-10(26-11)6-12-13(24)23-14(25)27-12;14-12(15,16)8-3-7(4-9(5-8)13(17,18)19)11-2-1-10(6-20)21-11;5-2-1-7-3(6)4-2;/h1-6H,(H,23,24,25);1-6H;1H2,(H,4,5,6);1H4. The highest BCUT2D eigenvalue weighted by atomic mass is 32.2. The highest BCUT2D eigenvalue weighted by Crippen LogP contribution is 2.41. The Hall–Kier alpha value is -5.45. The predicted molar refractivity (Wildman–Crippen MR) is 176 cm³/mol. The number of hydrogen-bond donors (Lipinski definition) is 2. The third kappa shape index (κ3) is 12.0. The number of carbonyl (C=O) groups is 5. The second-order valence-corrected chi connectivity index (χ2v) is 12.6. The zero-order valence-electron chi connectivity index (χ0n) is 26.3. The minimum atomic E-state index is -4.98. The first kappa shape index (κ1) is 44.9. The van der Waals surface area contributed by atoms with Gasteiger partial charge in [-0.15, -0.1) is 0 Å². The molecule has 0 unspecified atom stereocenters. The Morgan fingerprint density at radius 1 is 0.571 bits per heavy atom. The van der Waals surface area contributed by atoms with Crippen LogP contribution < -0.4 is 10.6 Å². The van der Waals surface area contributed by atoms with Crippen LogP contribution in [0.4, 0.5) is 62.3 Å². The summed E-state index contributed by atoms with van der Waals surface area (Å²) < 4.78 is 164. The molecule has 4 heterocycles. The van der Waals surface area contributed by atoms with Crippen LogP contribution in [0, 0.1) is 0 Å². The van der Waals surface area contributed by atoms with Gasteiger partial charge in [0.05, 0.1) is 32.9 Å². The van der Waals surface area contributed by atoms with E-state index in [9.17, 15) is 76.7 Å². The molecular weight excluding hydrogens is 828 g/mol. The lowest BCUT2D eigenvalue weighted by atomic mass is 10.0. The molecule has 0 saturated carbocycles. The SMILES string of the molecule is C.O=C1CSC(=O)N1.O=C1NC(=O)C(=Cc2ccc(-c3cc(C(F)(F)F)cc(C(F)(F)F)c3)o2)S1.O=Cc1ccc(-c2cc(C(F)(F)F)cc(C(F)(F)F)c2)o1. The van der Waals surface area contributed by atoms with E-state index in [1.165, 1.54) is 12.1 Å². The molecule has 2 fully saturated rings. The van der Waals surface area contributed by atoms with Gasteiger partial charge in [-0.05, 0) is 72.4 Å². The van der Waals surface area contributed by atoms with Gasteiger partial charge in [-0.25, -0.2) is 0 Å². The van der Waals surface area contributed by atoms with Crippen molar-refractivity contribution in [1.82, 2.24) is 10.6 Å². The van der Waals surface area contributed by atoms with Gasteiger partial charge in [0.1, 0.15) is 17.3 Å². The van der Waals surface area contributed by atoms with Gasteiger partial charge in [0, 0.05) is 17.2 Å². The summed E-state index contributed by atoms with van der Waals surface area (Å²) >= 11 is 1.59. The normalized spacial score (nSPS) is 15.3. The van der Waals surface area contributed by atoms with Crippen LogP contribution in [0.1, 0.15) is 46.0 Å². The Bertz CT molecular complexity index is 2090. The van der Waals surface area contributed by atoms with Crippen LogP contribution in [0.25, 0.3) is 28.7 Å². The lowest BCUT2D eigenvalue weighted by molar-refractivity contribution is -0.144. The highest BCUT2D eigenvalue weighted by molar-refractivity contribution is 8.18. The lowest BCUT2D eigenvalue weighted by Gasteiger charge is -2.13. The van der Waals surface area contributed by atoms with Crippen LogP contribution in [-0.4, -0.2) is 34.3 Å². The summed E-state index contributed by atoms with van der Waals surface area (Å²) in [6, 6.07) is 6.86. The van der Waals surface area contributed by atoms with Crippen molar-refractivity contribution in [3.63, 3.8) is 0 Å². The van der Waals surface area contributed by atoms with E-state index in [0.29, 0.717) is 48.1 Å². The number of hydrogen-bond acceptors (Lipinski definition) is 9. The van der Waals surface area contributed by atoms with Gasteiger partial charge in [-0.3, -0.25) is 34.6 Å². The quantitative estimate of drug-likeness (QED) is 0.117. The fourth-order valence-corrected chi connectivity index (χ4v) is 5.40. The van der Waals surface area contributed by atoms with E-state index in [1.54, 1.807) is 0 Å². The van der Waals surface area contributed by atoms with Crippen LogP contribution in [0.15, 0.2) is 74.4 Å². The number of benzene rings is 2. The second-order valence-electron chi connectivity index (χ2n) is 10.6. The molecule has 0 radical (unpaired) electrons. The van der Waals surface area contributed by atoms with Crippen molar-refractivity contribution in [2.45, 2.75) is 32.1 Å². The van der Waals surface area contributed by atoms with Gasteiger partial charge in [-0.2, -0.15) is 52.7 Å². The lowest BCUT2D eigenvalue weighted by Crippen LogP contribution is -2.18. The predicted octanol–water partition coefficient (Wildman–Crippen LogP) is 10.7. The van der Waals surface area contributed by atoms with Crippen LogP contribution in [0.5, 0.6) is 0 Å². The number of thioether (sulfide) groups is 2. The van der Waals surface area contributed by atoms with Crippen LogP contribution >= 0.6 is 23.5 Å². The van der Waals surface area contributed by atoms with Gasteiger partial charge < -0.3 is 8.83 Å². The summed E-state index contributed by atoms with van der Waals surface area (Å²) in [5.41, 5.74) is -6.68. The molecule has 6 rings (SSSR count). The molecule has 4 amide bonds. The van der Waals surface area contributed by atoms with Crippen molar-refractivity contribution in [2.24, 2.45) is 0 Å². The molecule has 0 atom stereocenters. The average Bonchev–Trinajstić information content (AvgIpc) is 3.88. The third-order valence-corrected chi connectivity index (χ3v) is 8.19. The topological polar surface area (TPSA) is 136 Å². The molecule has 2 aromatic heterocycles. The number of furan rings is 2. The summed E-state index contributed by atoms with van der Waals surface area (Å²) in [5, 5.41) is 3.26. The number of halogens is 12. The number of alkyl halides is 12. The minimum Gasteiger partial charge on any atom is -0.457 e. The number of amides is 4. The van der Waals surface area contributed by atoms with E-state index >= 15 is 0 Å². The number of nitrogens with one attached hydrogen (secondary N) is 2. The van der Waals surface area contributed by atoms with E-state index in [0.717, 1.165) is 30.0 Å². The minimum absolute atomic E-state index is 0. The molecule has 23 heteroatoms. The monoisotopic (exact) mass is 848 g/mol. The van der Waals surface area contributed by atoms with Gasteiger partial charge in [0.15, 0.2) is 12.0 Å². The fraction of sp³-hybridized carbons (Fsp3) is 0.182. The zero-order valence-corrected chi connectivity index (χ0v) is 28.0. The fourth-order valence-electron chi connectivity index (χ4n) is 4.22. The molecule has 9 nitrogen and oxygen atoms in total. The largest absolute Gasteiger partial charge is 0.457 e. The number of aldehydes is 1. The Kier molecular flexibility index (Phi) is 13.8. The van der Waals surface area contributed by atoms with Gasteiger partial charge in [0.25, 0.3) is 16.4 Å². The number of carbonyl (C=O) groups excluding carboxylic acids is 5. The van der Waals surface area contributed by atoms with E-state index in [-0.39, 0.29) is 58.7 Å². The molecule has 2 saturated heterocycles. The van der Waals surface area contributed by atoms with Gasteiger partial charge >= 0.3 is 24.7 Å². The first-order valence-corrected chi connectivity index (χ1v) is 16.1. The van der Waals surface area contributed by atoms with E-state index < -0.39 is 69.2 Å². The maximum Gasteiger partial charge on any atom is 0.416 e. The third-order valence-electron chi connectivity index (χ3n) is 6.61. The molecule has 0 aliphatic carbocycles. The summed E-state index contributed by atoms with van der Waals surface area (Å²) in [4.78, 5) is 53.2. The van der Waals surface area contributed by atoms with Crippen molar-refractivity contribution in [1.29, 1.82) is 0 Å². The first-order valence-electron chi connectivity index (χ1n) is 14.3. The zero-order chi connectivity index (χ0) is 41.1. The first-order chi connectivity index (χ1) is 25.3. The molecule has 0 spiro atoms. The summed E-state index contributed by atoms with van der Waals surface area (Å²) in [7, 11) is 0. The van der Waals surface area contributed by atoms with Crippen molar-refractivity contribution in [3.05, 3.63) is 99.3 Å². The maximum atomic E-state index is 12.9. The molecule has 56 heavy (non-hydrogen) atoms. The maximum absolute atomic E-state index is 12.9. The number of rotatable bonds is 4. The summed E-state index contributed by atoms with van der Waals surface area (Å²) in [6.07, 6.45) is -18.4. The molecule has 300 valence electrons. The van der Waals surface area contributed by atoms with Crippen LogP contribution in [-0.2, 0) is 34.3 Å². The van der Waals surface area contributed by atoms with Crippen molar-refractivity contribution >= 4 is 58.2 Å². The Labute approximate surface area is 313 Å². The Balaban J connectivity index is 0.000000257. The van der Waals surface area contributed by atoms with E-state index in [4.69, 9.17) is 8.83 Å². The van der Waals surface area contributed by atoms with Crippen molar-refractivity contribution < 1.29 is 85.5 Å². The van der Waals surface area contributed by atoms with E-state index in [2.05, 4.69) is 5.32 Å². The molecule has 4 aromatic rings. The molecule has 2 N–H and O–H groups in total. The molecule has 0 bridgehead atoms. The second kappa shape index (κ2) is 17.1. The summed E-state index contributed by atoms with van der Waals surface area (Å²) in [6.45, 7) is 0. The highest BCUT2D eigenvalue weighted by Gasteiger charge is 2.38. The van der Waals surface area contributed by atoms with Gasteiger partial charge in [0.2, 0.25) is 5.91 Å². The Morgan fingerprint density at radius 3 is 1.27 bits per heavy atom. The number of imide groups is 2. The van der Waals surface area contributed by atoms with Crippen molar-refractivity contribution in [2.75, 3.05) is 5.75 Å². The summed E-state index contributed by atoms with van der Waals surface area (Å²) in [5.74, 6) is -1.30. The van der Waals surface area contributed by atoms with Crippen LogP contribution in [0.2, 0.25) is 0 Å². The van der Waals surface area contributed by atoms with Gasteiger partial charge in [-0.1, -0.05) is 19.2 Å². The Morgan fingerprint density at radius 2 is 0.982 bits per heavy atom. The average molecular weight is 849 g/mol. The van der Waals surface area contributed by atoms with E-state index in [1.807, 2.05) is 5.32 Å². The molecule has 2 aliphatic heterocycles. The smallest absolute Gasteiger partial charge is 0.416 e. The van der Waals surface area contributed by atoms with Crippen molar-refractivity contribution in [3.8, 4) is 22.6 Å². The van der Waals surface area contributed by atoms with Crippen LogP contribution in [0.3, 0.4) is 0 Å². The molecular formula is C33H20F12N2O7S2.